The van der Waals surface area contributed by atoms with Crippen molar-refractivity contribution in [2.75, 3.05) is 0 Å². The van der Waals surface area contributed by atoms with Gasteiger partial charge in [-0.15, -0.1) is 11.3 Å². The van der Waals surface area contributed by atoms with Crippen LogP contribution in [0.15, 0.2) is 158 Å². The van der Waals surface area contributed by atoms with Gasteiger partial charge in [-0.05, 0) is 72.3 Å². The van der Waals surface area contributed by atoms with Gasteiger partial charge in [0.15, 0.2) is 0 Å². The molecule has 43 heavy (non-hydrogen) atoms. The molecule has 0 N–H and O–H groups in total. The molecule has 9 aromatic rings. The van der Waals surface area contributed by atoms with Crippen LogP contribution in [-0.2, 0) is 0 Å². The van der Waals surface area contributed by atoms with Crippen molar-refractivity contribution in [2.45, 2.75) is 0 Å². The zero-order valence-electron chi connectivity index (χ0n) is 23.4. The molecule has 0 aliphatic heterocycles. The summed E-state index contributed by atoms with van der Waals surface area (Å²) in [5, 5.41) is 10.4. The second kappa shape index (κ2) is 9.66. The number of thiophene rings is 1. The Labute approximate surface area is 254 Å². The van der Waals surface area contributed by atoms with Gasteiger partial charge < -0.3 is 0 Å². The number of fused-ring (bicyclic) bond motifs is 6. The van der Waals surface area contributed by atoms with Gasteiger partial charge in [-0.25, -0.2) is 0 Å². The highest BCUT2D eigenvalue weighted by molar-refractivity contribution is 7.26. The lowest BCUT2D eigenvalue weighted by atomic mass is 9.86. The molecule has 0 spiro atoms. The number of hydrogen-bond donors (Lipinski definition) is 0. The third-order valence-electron chi connectivity index (χ3n) is 8.83. The lowest BCUT2D eigenvalue weighted by Gasteiger charge is -2.17. The van der Waals surface area contributed by atoms with E-state index in [2.05, 4.69) is 158 Å². The fourth-order valence-electron chi connectivity index (χ4n) is 6.98. The molecule has 0 bridgehead atoms. The molecular weight excluding hydrogens is 537 g/mol. The predicted octanol–water partition coefficient (Wildman–Crippen LogP) is 12.5. The quantitative estimate of drug-likeness (QED) is 0.188. The summed E-state index contributed by atoms with van der Waals surface area (Å²) in [5.41, 5.74) is 7.72. The maximum Gasteiger partial charge on any atom is 0.0440 e. The highest BCUT2D eigenvalue weighted by Gasteiger charge is 2.19. The van der Waals surface area contributed by atoms with Crippen molar-refractivity contribution in [1.29, 1.82) is 0 Å². The van der Waals surface area contributed by atoms with E-state index in [1.54, 1.807) is 0 Å². The lowest BCUT2D eigenvalue weighted by Crippen LogP contribution is -1.90. The lowest BCUT2D eigenvalue weighted by molar-refractivity contribution is 1.66. The van der Waals surface area contributed by atoms with E-state index in [-0.39, 0.29) is 0 Å². The maximum atomic E-state index is 2.43. The van der Waals surface area contributed by atoms with E-state index in [0.29, 0.717) is 0 Å². The maximum absolute atomic E-state index is 2.43. The van der Waals surface area contributed by atoms with Gasteiger partial charge in [0.05, 0.1) is 0 Å². The fraction of sp³-hybridized carbons (Fsp3) is 0. The smallest absolute Gasteiger partial charge is 0.0440 e. The van der Waals surface area contributed by atoms with Gasteiger partial charge in [-0.2, -0.15) is 0 Å². The normalized spacial score (nSPS) is 11.7. The molecule has 0 atom stereocenters. The molecule has 0 unspecified atom stereocenters. The summed E-state index contributed by atoms with van der Waals surface area (Å²) < 4.78 is 2.67. The first kappa shape index (κ1) is 24.4. The van der Waals surface area contributed by atoms with E-state index in [4.69, 9.17) is 0 Å². The molecule has 0 saturated heterocycles. The predicted molar refractivity (Wildman–Crippen MR) is 188 cm³/mol. The first-order valence-electron chi connectivity index (χ1n) is 14.8. The van der Waals surface area contributed by atoms with Crippen LogP contribution in [0.5, 0.6) is 0 Å². The molecule has 0 saturated carbocycles. The van der Waals surface area contributed by atoms with Crippen molar-refractivity contribution in [1.82, 2.24) is 0 Å². The SMILES string of the molecule is c1ccc(-c2c3ccccc3c(-c3ccc4c(c3)sc3c(-c5ccccc5)c5ccccc5cc34)c3ccccc23)cc1. The van der Waals surface area contributed by atoms with Crippen LogP contribution in [0, 0.1) is 0 Å². The first-order chi connectivity index (χ1) is 21.3. The largest absolute Gasteiger partial charge is 0.134 e. The Hall–Kier alpha value is -5.24. The topological polar surface area (TPSA) is 0 Å². The first-order valence-corrected chi connectivity index (χ1v) is 15.6. The van der Waals surface area contributed by atoms with Crippen molar-refractivity contribution >= 4 is 63.8 Å². The second-order valence-electron chi connectivity index (χ2n) is 11.2. The Kier molecular flexibility index (Phi) is 5.47. The van der Waals surface area contributed by atoms with Gasteiger partial charge in [-0.3, -0.25) is 0 Å². The summed E-state index contributed by atoms with van der Waals surface area (Å²) in [6.45, 7) is 0. The van der Waals surface area contributed by atoms with Crippen LogP contribution < -0.4 is 0 Å². The van der Waals surface area contributed by atoms with Crippen LogP contribution in [-0.4, -0.2) is 0 Å². The van der Waals surface area contributed by atoms with Crippen LogP contribution in [0.4, 0.5) is 0 Å². The molecule has 9 rings (SSSR count). The Bertz CT molecular complexity index is 2430. The molecule has 0 fully saturated rings. The molecule has 0 aliphatic carbocycles. The molecule has 0 radical (unpaired) electrons. The standard InChI is InChI=1S/C42H26S/c1-3-13-27(14-4-1)39-33-19-9-11-21-35(33)40(36-22-12-10-20-34(36)39)30-23-24-32-37-25-29-17-7-8-18-31(29)41(28-15-5-2-6-16-28)42(37)43-38(32)26-30/h1-26H. The summed E-state index contributed by atoms with van der Waals surface area (Å²) in [6.07, 6.45) is 0. The number of rotatable bonds is 3. The molecule has 0 nitrogen and oxygen atoms in total. The Morgan fingerprint density at radius 1 is 0.302 bits per heavy atom. The minimum atomic E-state index is 1.25. The Balaban J connectivity index is 1.36. The third kappa shape index (κ3) is 3.75. The zero-order valence-corrected chi connectivity index (χ0v) is 24.2. The Morgan fingerprint density at radius 2 is 0.791 bits per heavy atom. The van der Waals surface area contributed by atoms with Crippen molar-refractivity contribution < 1.29 is 0 Å². The summed E-state index contributed by atoms with van der Waals surface area (Å²) in [5.74, 6) is 0. The molecule has 8 aromatic carbocycles. The van der Waals surface area contributed by atoms with Crippen LogP contribution in [0.1, 0.15) is 0 Å². The monoisotopic (exact) mass is 562 g/mol. The molecule has 1 heterocycles. The minimum Gasteiger partial charge on any atom is -0.134 e. The van der Waals surface area contributed by atoms with E-state index >= 15 is 0 Å². The number of hydrogen-bond acceptors (Lipinski definition) is 1. The summed E-state index contributed by atoms with van der Waals surface area (Å²) >= 11 is 1.92. The third-order valence-corrected chi connectivity index (χ3v) is 10.0. The van der Waals surface area contributed by atoms with Crippen molar-refractivity contribution in [2.24, 2.45) is 0 Å². The van der Waals surface area contributed by atoms with Gasteiger partial charge in [0.25, 0.3) is 0 Å². The van der Waals surface area contributed by atoms with Gasteiger partial charge in [0, 0.05) is 25.7 Å². The summed E-state index contributed by atoms with van der Waals surface area (Å²) in [7, 11) is 0. The minimum absolute atomic E-state index is 1.25. The van der Waals surface area contributed by atoms with Crippen LogP contribution in [0.25, 0.3) is 85.9 Å². The van der Waals surface area contributed by atoms with Crippen LogP contribution in [0.3, 0.4) is 0 Å². The highest BCUT2D eigenvalue weighted by Crippen LogP contribution is 2.47. The van der Waals surface area contributed by atoms with E-state index in [0.717, 1.165) is 0 Å². The van der Waals surface area contributed by atoms with Gasteiger partial charge in [-0.1, -0.05) is 146 Å². The van der Waals surface area contributed by atoms with Crippen LogP contribution >= 0.6 is 11.3 Å². The number of benzene rings is 8. The average Bonchev–Trinajstić information content (AvgIpc) is 3.44. The highest BCUT2D eigenvalue weighted by atomic mass is 32.1. The van der Waals surface area contributed by atoms with E-state index in [1.807, 2.05) is 11.3 Å². The average molecular weight is 563 g/mol. The summed E-state index contributed by atoms with van der Waals surface area (Å²) in [4.78, 5) is 0. The van der Waals surface area contributed by atoms with E-state index < -0.39 is 0 Å². The zero-order chi connectivity index (χ0) is 28.3. The van der Waals surface area contributed by atoms with Gasteiger partial charge in [0.1, 0.15) is 0 Å². The van der Waals surface area contributed by atoms with Gasteiger partial charge >= 0.3 is 0 Å². The van der Waals surface area contributed by atoms with Crippen LogP contribution in [0.2, 0.25) is 0 Å². The fourth-order valence-corrected chi connectivity index (χ4v) is 8.28. The Morgan fingerprint density at radius 3 is 1.40 bits per heavy atom. The summed E-state index contributed by atoms with van der Waals surface area (Å²) in [6, 6.07) is 57.8. The molecular formula is C42H26S. The molecule has 0 amide bonds. The van der Waals surface area contributed by atoms with Crippen molar-refractivity contribution in [3.8, 4) is 33.4 Å². The molecule has 0 aliphatic rings. The molecule has 1 heteroatoms. The van der Waals surface area contributed by atoms with Crippen molar-refractivity contribution in [3.63, 3.8) is 0 Å². The molecule has 1 aromatic heterocycles. The van der Waals surface area contributed by atoms with E-state index in [9.17, 15) is 0 Å². The van der Waals surface area contributed by atoms with Gasteiger partial charge in [0.2, 0.25) is 0 Å². The second-order valence-corrected chi connectivity index (χ2v) is 12.3. The molecule has 200 valence electrons. The van der Waals surface area contributed by atoms with Crippen molar-refractivity contribution in [3.05, 3.63) is 158 Å². The van der Waals surface area contributed by atoms with E-state index in [1.165, 1.54) is 85.9 Å².